The maximum atomic E-state index is 6.69. The molecule has 0 saturated carbocycles. The number of pyridine rings is 1. The first-order chi connectivity index (χ1) is 36.2. The molecule has 0 amide bonds. The minimum absolute atomic E-state index is 0.715. The van der Waals surface area contributed by atoms with Crippen LogP contribution in [0.1, 0.15) is 0 Å². The summed E-state index contributed by atoms with van der Waals surface area (Å²) in [7, 11) is 0. The van der Waals surface area contributed by atoms with E-state index in [-0.39, 0.29) is 0 Å². The molecule has 3 heterocycles. The molecule has 0 saturated heterocycles. The smallest absolute Gasteiger partial charge is 0.269 e. The molecule has 0 bridgehead atoms. The van der Waals surface area contributed by atoms with Crippen LogP contribution in [0.25, 0.3) is 111 Å². The molecule has 5 heteroatoms. The third kappa shape index (κ3) is 8.58. The molecule has 344 valence electrons. The van der Waals surface area contributed by atoms with Crippen LogP contribution in [0.4, 0.5) is 0 Å². The fraction of sp³-hybridized carbons (Fsp3) is 0. The summed E-state index contributed by atoms with van der Waals surface area (Å²) >= 11 is 1.72. The van der Waals surface area contributed by atoms with Gasteiger partial charge in [-0.1, -0.05) is 182 Å². The Morgan fingerprint density at radius 2 is 0.877 bits per heavy atom. The van der Waals surface area contributed by atoms with Crippen LogP contribution < -0.4 is 9.30 Å². The highest BCUT2D eigenvalue weighted by molar-refractivity contribution is 7.17. The van der Waals surface area contributed by atoms with Crippen LogP contribution in [0.3, 0.4) is 0 Å². The Labute approximate surface area is 428 Å². The van der Waals surface area contributed by atoms with Crippen molar-refractivity contribution in [1.82, 2.24) is 9.55 Å². The lowest BCUT2D eigenvalue weighted by Gasteiger charge is -2.20. The summed E-state index contributed by atoms with van der Waals surface area (Å²) in [6.45, 7) is 0. The van der Waals surface area contributed by atoms with Gasteiger partial charge in [0, 0.05) is 21.8 Å². The number of aromatic nitrogens is 3. The number of fused-ring (bicyclic) bond motifs is 2. The second-order valence-electron chi connectivity index (χ2n) is 18.1. The van der Waals surface area contributed by atoms with Crippen LogP contribution >= 0.6 is 11.3 Å². The molecule has 13 rings (SSSR count). The Kier molecular flexibility index (Phi) is 11.4. The second kappa shape index (κ2) is 19.1. The molecule has 0 fully saturated rings. The van der Waals surface area contributed by atoms with Gasteiger partial charge in [0.15, 0.2) is 0 Å². The average Bonchev–Trinajstić information content (AvgIpc) is 4.12. The van der Waals surface area contributed by atoms with Gasteiger partial charge in [0.25, 0.3) is 6.33 Å². The van der Waals surface area contributed by atoms with Gasteiger partial charge in [-0.2, -0.15) is 0 Å². The molecule has 0 unspecified atom stereocenters. The van der Waals surface area contributed by atoms with Gasteiger partial charge in [-0.3, -0.25) is 14.1 Å². The molecule has 4 nitrogen and oxygen atoms in total. The van der Waals surface area contributed by atoms with Gasteiger partial charge in [-0.25, -0.2) is 0 Å². The van der Waals surface area contributed by atoms with Crippen molar-refractivity contribution < 1.29 is 9.30 Å². The highest BCUT2D eigenvalue weighted by Gasteiger charge is 2.22. The first-order valence-electron chi connectivity index (χ1n) is 24.5. The Balaban J connectivity index is 1.01. The predicted octanol–water partition coefficient (Wildman–Crippen LogP) is 17.8. The van der Waals surface area contributed by atoms with E-state index in [0.29, 0.717) is 5.75 Å². The number of para-hydroxylation sites is 3. The molecule has 13 aromatic rings. The normalized spacial score (nSPS) is 11.3. The summed E-state index contributed by atoms with van der Waals surface area (Å²) in [5, 5.41) is 3.25. The number of rotatable bonds is 11. The summed E-state index contributed by atoms with van der Waals surface area (Å²) in [5.41, 5.74) is 19.4. The summed E-state index contributed by atoms with van der Waals surface area (Å²) in [5.74, 6) is 1.45. The lowest BCUT2D eigenvalue weighted by Crippen LogP contribution is -2.31. The predicted molar refractivity (Wildman–Crippen MR) is 301 cm³/mol. The molecule has 0 aliphatic rings. The lowest BCUT2D eigenvalue weighted by atomic mass is 9.89. The van der Waals surface area contributed by atoms with Crippen molar-refractivity contribution in [3.05, 3.63) is 279 Å². The van der Waals surface area contributed by atoms with Gasteiger partial charge in [0.05, 0.1) is 28.1 Å². The zero-order valence-electron chi connectivity index (χ0n) is 39.6. The van der Waals surface area contributed by atoms with Gasteiger partial charge >= 0.3 is 0 Å². The molecular weight excluding hydrogens is 907 g/mol. The summed E-state index contributed by atoms with van der Waals surface area (Å²) < 4.78 is 12.3. The first-order valence-corrected chi connectivity index (χ1v) is 25.4. The van der Waals surface area contributed by atoms with E-state index in [1.807, 2.05) is 24.4 Å². The Hall–Kier alpha value is -9.42. The van der Waals surface area contributed by atoms with E-state index in [2.05, 4.69) is 263 Å². The molecule has 3 aromatic heterocycles. The number of hydrogen-bond acceptors (Lipinski definition) is 3. The van der Waals surface area contributed by atoms with E-state index < -0.39 is 0 Å². The van der Waals surface area contributed by atoms with Crippen molar-refractivity contribution in [2.24, 2.45) is 0 Å². The minimum Gasteiger partial charge on any atom is -0.458 e. The Bertz CT molecular complexity index is 3850. The van der Waals surface area contributed by atoms with Crippen molar-refractivity contribution in [3.63, 3.8) is 0 Å². The largest absolute Gasteiger partial charge is 0.458 e. The molecule has 0 atom stereocenters. The van der Waals surface area contributed by atoms with Crippen LogP contribution in [0, 0.1) is 6.33 Å². The van der Waals surface area contributed by atoms with E-state index in [0.717, 1.165) is 112 Å². The van der Waals surface area contributed by atoms with Crippen LogP contribution in [-0.4, -0.2) is 9.55 Å². The molecule has 0 aliphatic carbocycles. The molecular formula is C68H45N3OS. The maximum Gasteiger partial charge on any atom is 0.269 e. The lowest BCUT2D eigenvalue weighted by molar-refractivity contribution is -0.571. The van der Waals surface area contributed by atoms with Crippen molar-refractivity contribution in [1.29, 1.82) is 0 Å². The van der Waals surface area contributed by atoms with Crippen molar-refractivity contribution in [3.8, 4) is 101 Å². The van der Waals surface area contributed by atoms with Gasteiger partial charge in [0.1, 0.15) is 11.5 Å². The van der Waals surface area contributed by atoms with Crippen LogP contribution in [0.5, 0.6) is 11.5 Å². The Morgan fingerprint density at radius 1 is 0.397 bits per heavy atom. The third-order valence-corrected chi connectivity index (χ3v) is 14.4. The van der Waals surface area contributed by atoms with E-state index in [1.165, 1.54) is 4.70 Å². The van der Waals surface area contributed by atoms with Gasteiger partial charge < -0.3 is 4.74 Å². The van der Waals surface area contributed by atoms with Gasteiger partial charge in [0.2, 0.25) is 0 Å². The molecule has 10 aromatic carbocycles. The molecule has 0 spiro atoms. The number of hydrogen-bond donors (Lipinski definition) is 0. The van der Waals surface area contributed by atoms with E-state index in [4.69, 9.17) is 9.72 Å². The van der Waals surface area contributed by atoms with E-state index >= 15 is 0 Å². The summed E-state index contributed by atoms with van der Waals surface area (Å²) in [6.07, 6.45) is 5.81. The monoisotopic (exact) mass is 951 g/mol. The van der Waals surface area contributed by atoms with E-state index in [1.54, 1.807) is 11.3 Å². The second-order valence-corrected chi connectivity index (χ2v) is 19.1. The fourth-order valence-corrected chi connectivity index (χ4v) is 10.9. The fourth-order valence-electron chi connectivity index (χ4n) is 10.1. The molecule has 0 aliphatic heterocycles. The van der Waals surface area contributed by atoms with Crippen molar-refractivity contribution >= 4 is 32.5 Å². The number of benzene rings is 10. The number of imidazole rings is 1. The standard InChI is InChI=1S/C68H45N3OS/c1-5-18-47(19-6-1)52-38-53(48-20-7-2-8-21-48)41-56(40-52)61-30-17-31-62(57-42-54(49-22-9-3-10-23-49)39-55(43-57)50-24-11-4-12-25-50)68(61)71-46-70(64-32-13-14-33-65(64)71)58-27-16-29-60(45-58)72-59-28-15-26-51(44-59)67-63-35-37-73-66(63)34-36-69-67/h1-45H. The van der Waals surface area contributed by atoms with Crippen LogP contribution in [0.15, 0.2) is 272 Å². The summed E-state index contributed by atoms with van der Waals surface area (Å²) in [6, 6.07) is 92.7. The topological polar surface area (TPSA) is 30.9 Å². The quantitative estimate of drug-likeness (QED) is 0.0955. The van der Waals surface area contributed by atoms with E-state index in [9.17, 15) is 0 Å². The molecule has 0 N–H and O–H groups in total. The molecule has 0 radical (unpaired) electrons. The number of thiophene rings is 1. The van der Waals surface area contributed by atoms with Crippen LogP contribution in [-0.2, 0) is 0 Å². The highest BCUT2D eigenvalue weighted by Crippen LogP contribution is 2.41. The van der Waals surface area contributed by atoms with Gasteiger partial charge in [-0.15, -0.1) is 11.3 Å². The zero-order valence-corrected chi connectivity index (χ0v) is 40.5. The third-order valence-electron chi connectivity index (χ3n) is 13.5. The summed E-state index contributed by atoms with van der Waals surface area (Å²) in [4.78, 5) is 4.77. The highest BCUT2D eigenvalue weighted by atomic mass is 32.1. The average molecular weight is 952 g/mol. The van der Waals surface area contributed by atoms with Crippen LogP contribution in [0.2, 0.25) is 0 Å². The SMILES string of the molecule is [c-]1n(-c2cccc(Oc3cccc(-c4nccc5sccc45)c3)c2)c2ccccc2[n+]1-c1c(-c2cc(-c3ccccc3)cc(-c3ccccc3)c2)cccc1-c1cc(-c2ccccc2)cc(-c2ccccc2)c1. The number of nitrogens with zero attached hydrogens (tertiary/aromatic N) is 3. The minimum atomic E-state index is 0.715. The van der Waals surface area contributed by atoms with Crippen molar-refractivity contribution in [2.75, 3.05) is 0 Å². The zero-order chi connectivity index (χ0) is 48.5. The van der Waals surface area contributed by atoms with Gasteiger partial charge in [-0.05, 0) is 151 Å². The first kappa shape index (κ1) is 43.6. The number of ether oxygens (including phenoxy) is 1. The molecule has 73 heavy (non-hydrogen) atoms. The van der Waals surface area contributed by atoms with Crippen molar-refractivity contribution in [2.45, 2.75) is 0 Å². The Morgan fingerprint density at radius 3 is 1.45 bits per heavy atom. The maximum absolute atomic E-state index is 6.69.